The van der Waals surface area contributed by atoms with E-state index in [1.807, 2.05) is 24.4 Å². The van der Waals surface area contributed by atoms with Crippen LogP contribution in [0.2, 0.25) is 0 Å². The third-order valence-corrected chi connectivity index (χ3v) is 7.20. The third kappa shape index (κ3) is 3.23. The van der Waals surface area contributed by atoms with Crippen LogP contribution in [0, 0.1) is 5.92 Å². The molecule has 0 aliphatic carbocycles. The molecule has 1 aliphatic rings. The molecule has 0 spiro atoms. The fraction of sp³-hybridized carbons (Fsp3) is 0.692. The lowest BCUT2D eigenvalue weighted by molar-refractivity contribution is 0.255. The number of hydrogen-bond acceptors (Lipinski definition) is 4. The maximum absolute atomic E-state index is 12.6. The molecule has 114 valence electrons. The maximum Gasteiger partial charge on any atom is 0.282 e. The molecule has 0 bridgehead atoms. The number of nitrogens with two attached hydrogens (primary N) is 1. The first-order valence-electron chi connectivity index (χ1n) is 6.93. The van der Waals surface area contributed by atoms with E-state index in [9.17, 15) is 8.42 Å². The highest BCUT2D eigenvalue weighted by atomic mass is 32.2. The van der Waals surface area contributed by atoms with Gasteiger partial charge in [-0.05, 0) is 43.7 Å². The molecule has 7 heteroatoms. The Bertz CT molecular complexity index is 508. The Kier molecular flexibility index (Phi) is 5.19. The van der Waals surface area contributed by atoms with Crippen molar-refractivity contribution in [2.45, 2.75) is 25.8 Å². The summed E-state index contributed by atoms with van der Waals surface area (Å²) < 4.78 is 28.3. The monoisotopic (exact) mass is 317 g/mol. The Morgan fingerprint density at radius 3 is 2.65 bits per heavy atom. The second-order valence-electron chi connectivity index (χ2n) is 5.29. The highest BCUT2D eigenvalue weighted by molar-refractivity contribution is 7.86. The number of nitrogens with zero attached hydrogens (tertiary/aromatic N) is 2. The van der Waals surface area contributed by atoms with Gasteiger partial charge in [-0.25, -0.2) is 0 Å². The second kappa shape index (κ2) is 6.53. The lowest BCUT2D eigenvalue weighted by Gasteiger charge is -2.35. The summed E-state index contributed by atoms with van der Waals surface area (Å²) >= 11 is 1.58. The first kappa shape index (κ1) is 15.9. The van der Waals surface area contributed by atoms with E-state index in [0.717, 1.165) is 17.7 Å². The Hall–Kier alpha value is -0.470. The minimum atomic E-state index is -3.39. The highest BCUT2D eigenvalue weighted by Gasteiger charge is 2.33. The molecule has 1 aromatic rings. The Labute approximate surface area is 125 Å². The lowest BCUT2D eigenvalue weighted by atomic mass is 9.99. The average Bonchev–Trinajstić information content (AvgIpc) is 3.00. The molecule has 1 saturated heterocycles. The van der Waals surface area contributed by atoms with E-state index in [-0.39, 0.29) is 6.04 Å². The zero-order valence-corrected chi connectivity index (χ0v) is 13.7. The number of piperidine rings is 1. The van der Waals surface area contributed by atoms with Crippen LogP contribution in [0.15, 0.2) is 17.5 Å². The molecule has 0 amide bonds. The van der Waals surface area contributed by atoms with Gasteiger partial charge in [0.05, 0.1) is 6.04 Å². The van der Waals surface area contributed by atoms with Crippen molar-refractivity contribution < 1.29 is 8.42 Å². The molecule has 0 saturated carbocycles. The van der Waals surface area contributed by atoms with Gasteiger partial charge >= 0.3 is 0 Å². The summed E-state index contributed by atoms with van der Waals surface area (Å²) in [5, 5.41) is 1.97. The Morgan fingerprint density at radius 2 is 2.15 bits per heavy atom. The minimum Gasteiger partial charge on any atom is -0.330 e. The fourth-order valence-corrected chi connectivity index (χ4v) is 4.91. The van der Waals surface area contributed by atoms with Crippen LogP contribution in [-0.2, 0) is 10.2 Å². The molecule has 1 fully saturated rings. The van der Waals surface area contributed by atoms with E-state index in [1.165, 1.54) is 4.31 Å². The molecule has 1 atom stereocenters. The molecule has 1 aromatic heterocycles. The summed E-state index contributed by atoms with van der Waals surface area (Å²) in [7, 11) is -1.72. The molecule has 2 heterocycles. The molecular formula is C13H23N3O2S2. The van der Waals surface area contributed by atoms with E-state index in [4.69, 9.17) is 5.73 Å². The summed E-state index contributed by atoms with van der Waals surface area (Å²) in [6, 6.07) is 3.79. The van der Waals surface area contributed by atoms with Gasteiger partial charge in [0.25, 0.3) is 10.2 Å². The van der Waals surface area contributed by atoms with Crippen molar-refractivity contribution in [1.82, 2.24) is 8.61 Å². The van der Waals surface area contributed by atoms with Crippen LogP contribution in [0.4, 0.5) is 0 Å². The first-order valence-corrected chi connectivity index (χ1v) is 9.21. The lowest BCUT2D eigenvalue weighted by Crippen LogP contribution is -2.47. The number of hydrogen-bond donors (Lipinski definition) is 1. The van der Waals surface area contributed by atoms with Gasteiger partial charge in [0, 0.05) is 25.0 Å². The molecule has 1 aliphatic heterocycles. The summed E-state index contributed by atoms with van der Waals surface area (Å²) in [4.78, 5) is 1.06. The smallest absolute Gasteiger partial charge is 0.282 e. The molecule has 2 rings (SSSR count). The van der Waals surface area contributed by atoms with Crippen LogP contribution in [0.3, 0.4) is 0 Å². The molecule has 20 heavy (non-hydrogen) atoms. The minimum absolute atomic E-state index is 0.132. The molecule has 1 unspecified atom stereocenters. The van der Waals surface area contributed by atoms with E-state index >= 15 is 0 Å². The van der Waals surface area contributed by atoms with Crippen molar-refractivity contribution in [1.29, 1.82) is 0 Å². The zero-order chi connectivity index (χ0) is 14.8. The van der Waals surface area contributed by atoms with E-state index in [2.05, 4.69) is 0 Å². The summed E-state index contributed by atoms with van der Waals surface area (Å²) in [6.45, 7) is 3.72. The van der Waals surface area contributed by atoms with Crippen molar-refractivity contribution >= 4 is 21.5 Å². The fourth-order valence-electron chi connectivity index (χ4n) is 2.47. The first-order chi connectivity index (χ1) is 9.46. The predicted octanol–water partition coefficient (Wildman–Crippen LogP) is 1.66. The third-order valence-electron chi connectivity index (χ3n) is 4.10. The van der Waals surface area contributed by atoms with Gasteiger partial charge in [-0.3, -0.25) is 0 Å². The maximum atomic E-state index is 12.6. The van der Waals surface area contributed by atoms with Gasteiger partial charge in [0.2, 0.25) is 0 Å². The largest absolute Gasteiger partial charge is 0.330 e. The number of rotatable bonds is 5. The van der Waals surface area contributed by atoms with E-state index < -0.39 is 10.2 Å². The van der Waals surface area contributed by atoms with Crippen LogP contribution in [0.25, 0.3) is 0 Å². The van der Waals surface area contributed by atoms with Gasteiger partial charge in [0.1, 0.15) is 0 Å². The standard InChI is InChI=1S/C13H23N3O2S2/c1-11(13-4-3-9-19-13)15(2)20(17,18)16-7-5-12(10-14)6-8-16/h3-4,9,11-12H,5-8,10,14H2,1-2H3. The van der Waals surface area contributed by atoms with Crippen LogP contribution in [0.5, 0.6) is 0 Å². The van der Waals surface area contributed by atoms with Crippen LogP contribution in [-0.4, -0.2) is 43.7 Å². The zero-order valence-electron chi connectivity index (χ0n) is 12.0. The molecular weight excluding hydrogens is 294 g/mol. The molecule has 0 aromatic carbocycles. The summed E-state index contributed by atoms with van der Waals surface area (Å²) in [5.74, 6) is 0.460. The molecule has 2 N–H and O–H groups in total. The average molecular weight is 317 g/mol. The van der Waals surface area contributed by atoms with Gasteiger partial charge in [-0.1, -0.05) is 6.07 Å². The van der Waals surface area contributed by atoms with Crippen molar-refractivity contribution in [3.8, 4) is 0 Å². The Morgan fingerprint density at radius 1 is 1.50 bits per heavy atom. The van der Waals surface area contributed by atoms with Crippen molar-refractivity contribution in [3.05, 3.63) is 22.4 Å². The quantitative estimate of drug-likeness (QED) is 0.898. The predicted molar refractivity (Wildman–Crippen MR) is 82.8 cm³/mol. The normalized spacial score (nSPS) is 20.4. The van der Waals surface area contributed by atoms with E-state index in [0.29, 0.717) is 25.6 Å². The van der Waals surface area contributed by atoms with Gasteiger partial charge in [0.15, 0.2) is 0 Å². The van der Waals surface area contributed by atoms with Gasteiger partial charge < -0.3 is 5.73 Å². The SMILES string of the molecule is CC(c1cccs1)N(C)S(=O)(=O)N1CCC(CN)CC1. The summed E-state index contributed by atoms with van der Waals surface area (Å²) in [6.07, 6.45) is 1.72. The second-order valence-corrected chi connectivity index (χ2v) is 8.26. The topological polar surface area (TPSA) is 66.6 Å². The van der Waals surface area contributed by atoms with Crippen molar-refractivity contribution in [2.24, 2.45) is 11.7 Å². The molecule has 5 nitrogen and oxygen atoms in total. The summed E-state index contributed by atoms with van der Waals surface area (Å²) in [5.41, 5.74) is 5.65. The van der Waals surface area contributed by atoms with Crippen LogP contribution >= 0.6 is 11.3 Å². The Balaban J connectivity index is 2.06. The van der Waals surface area contributed by atoms with E-state index in [1.54, 1.807) is 22.7 Å². The van der Waals surface area contributed by atoms with Crippen LogP contribution in [0.1, 0.15) is 30.7 Å². The van der Waals surface area contributed by atoms with Crippen molar-refractivity contribution in [2.75, 3.05) is 26.7 Å². The molecule has 0 radical (unpaired) electrons. The highest BCUT2D eigenvalue weighted by Crippen LogP contribution is 2.28. The van der Waals surface area contributed by atoms with Crippen LogP contribution < -0.4 is 5.73 Å². The number of thiophene rings is 1. The van der Waals surface area contributed by atoms with Gasteiger partial charge in [-0.2, -0.15) is 17.0 Å². The van der Waals surface area contributed by atoms with Gasteiger partial charge in [-0.15, -0.1) is 11.3 Å². The van der Waals surface area contributed by atoms with Crippen molar-refractivity contribution in [3.63, 3.8) is 0 Å².